The van der Waals surface area contributed by atoms with Gasteiger partial charge in [-0.25, -0.2) is 0 Å². The Hall–Kier alpha value is -6.12. The van der Waals surface area contributed by atoms with E-state index >= 15 is 0 Å². The summed E-state index contributed by atoms with van der Waals surface area (Å²) in [7, 11) is 0. The van der Waals surface area contributed by atoms with E-state index in [-0.39, 0.29) is 0 Å². The van der Waals surface area contributed by atoms with Crippen LogP contribution in [-0.2, 0) is 0 Å². The maximum Gasteiger partial charge on any atom is 0.0788 e. The second-order valence-electron chi connectivity index (χ2n) is 12.2. The Morgan fingerprint density at radius 3 is 1.41 bits per heavy atom. The Bertz CT molecular complexity index is 2780. The normalized spacial score (nSPS) is 11.9. The zero-order valence-electron chi connectivity index (χ0n) is 25.1. The van der Waals surface area contributed by atoms with Crippen molar-refractivity contribution < 1.29 is 0 Å². The molecule has 214 valence electrons. The third kappa shape index (κ3) is 3.65. The van der Waals surface area contributed by atoms with E-state index in [1.165, 1.54) is 76.3 Å². The first-order valence-electron chi connectivity index (χ1n) is 15.9. The first-order valence-corrected chi connectivity index (χ1v) is 15.9. The maximum absolute atomic E-state index is 2.48. The fourth-order valence-corrected chi connectivity index (χ4v) is 7.54. The topological polar surface area (TPSA) is 9.86 Å². The molecule has 46 heavy (non-hydrogen) atoms. The second-order valence-corrected chi connectivity index (χ2v) is 12.2. The molecular weight excluding hydrogens is 556 g/mol. The molecule has 0 N–H and O–H groups in total. The third-order valence-corrected chi connectivity index (χ3v) is 9.65. The molecule has 0 saturated heterocycles. The van der Waals surface area contributed by atoms with Gasteiger partial charge in [-0.3, -0.25) is 0 Å². The van der Waals surface area contributed by atoms with Crippen molar-refractivity contribution in [1.82, 2.24) is 9.13 Å². The monoisotopic (exact) mass is 584 g/mol. The summed E-state index contributed by atoms with van der Waals surface area (Å²) >= 11 is 0. The van der Waals surface area contributed by atoms with E-state index in [1.54, 1.807) is 0 Å². The lowest BCUT2D eigenvalue weighted by Crippen LogP contribution is -1.99. The molecule has 0 aliphatic rings. The van der Waals surface area contributed by atoms with Crippen molar-refractivity contribution in [3.63, 3.8) is 0 Å². The number of para-hydroxylation sites is 2. The minimum atomic E-state index is 1.15. The van der Waals surface area contributed by atoms with Gasteiger partial charge < -0.3 is 9.13 Å². The molecule has 2 aromatic heterocycles. The highest BCUT2D eigenvalue weighted by molar-refractivity contribution is 6.24. The molecule has 8 aromatic carbocycles. The molecule has 0 fully saturated rings. The molecule has 10 aromatic rings. The van der Waals surface area contributed by atoms with Crippen molar-refractivity contribution in [3.8, 4) is 22.5 Å². The Morgan fingerprint density at radius 2 is 0.761 bits per heavy atom. The van der Waals surface area contributed by atoms with E-state index in [4.69, 9.17) is 0 Å². The van der Waals surface area contributed by atoms with Crippen LogP contribution in [0, 0.1) is 0 Å². The largest absolute Gasteiger partial charge is 0.307 e. The van der Waals surface area contributed by atoms with Gasteiger partial charge in [0, 0.05) is 32.9 Å². The fraction of sp³-hybridized carbons (Fsp3) is 0. The quantitative estimate of drug-likeness (QED) is 0.183. The van der Waals surface area contributed by atoms with Gasteiger partial charge in [-0.1, -0.05) is 121 Å². The van der Waals surface area contributed by atoms with Crippen molar-refractivity contribution in [2.75, 3.05) is 0 Å². The number of hydrogen-bond donors (Lipinski definition) is 0. The van der Waals surface area contributed by atoms with Crippen molar-refractivity contribution >= 4 is 65.2 Å². The van der Waals surface area contributed by atoms with E-state index < -0.39 is 0 Å². The van der Waals surface area contributed by atoms with Gasteiger partial charge in [-0.05, 0) is 81.2 Å². The smallest absolute Gasteiger partial charge is 0.0788 e. The molecule has 2 heteroatoms. The van der Waals surface area contributed by atoms with Gasteiger partial charge in [0.1, 0.15) is 0 Å². The van der Waals surface area contributed by atoms with Crippen LogP contribution in [0.15, 0.2) is 170 Å². The van der Waals surface area contributed by atoms with Crippen LogP contribution in [0.25, 0.3) is 87.7 Å². The molecule has 0 aliphatic carbocycles. The first kappa shape index (κ1) is 25.2. The molecule has 2 nitrogen and oxygen atoms in total. The Kier molecular flexibility index (Phi) is 5.31. The Morgan fingerprint density at radius 1 is 0.283 bits per heavy atom. The lowest BCUT2D eigenvalue weighted by atomic mass is 10.0. The lowest BCUT2D eigenvalue weighted by Gasteiger charge is -2.14. The Balaban J connectivity index is 1.31. The Labute approximate surface area is 266 Å². The summed E-state index contributed by atoms with van der Waals surface area (Å²) in [6.07, 6.45) is 0. The number of fused-ring (bicyclic) bond motifs is 9. The van der Waals surface area contributed by atoms with Crippen LogP contribution < -0.4 is 0 Å². The van der Waals surface area contributed by atoms with Crippen LogP contribution in [0.3, 0.4) is 0 Å². The van der Waals surface area contributed by atoms with E-state index in [0.29, 0.717) is 0 Å². The summed E-state index contributed by atoms with van der Waals surface area (Å²) in [4.78, 5) is 0. The van der Waals surface area contributed by atoms with Gasteiger partial charge in [0.15, 0.2) is 0 Å². The number of aromatic nitrogens is 2. The van der Waals surface area contributed by atoms with Crippen molar-refractivity contribution in [2.45, 2.75) is 0 Å². The summed E-state index contributed by atoms with van der Waals surface area (Å²) in [5.74, 6) is 0. The van der Waals surface area contributed by atoms with E-state index in [0.717, 1.165) is 11.4 Å². The van der Waals surface area contributed by atoms with E-state index in [1.807, 2.05) is 0 Å². The summed E-state index contributed by atoms with van der Waals surface area (Å²) in [6, 6.07) is 62.0. The number of hydrogen-bond acceptors (Lipinski definition) is 0. The van der Waals surface area contributed by atoms with Crippen LogP contribution in [0.2, 0.25) is 0 Å². The van der Waals surface area contributed by atoms with Crippen molar-refractivity contribution in [3.05, 3.63) is 170 Å². The summed E-state index contributed by atoms with van der Waals surface area (Å²) < 4.78 is 4.95. The molecule has 0 radical (unpaired) electrons. The van der Waals surface area contributed by atoms with Crippen molar-refractivity contribution in [2.24, 2.45) is 0 Å². The van der Waals surface area contributed by atoms with Gasteiger partial charge in [0.25, 0.3) is 0 Å². The highest BCUT2D eigenvalue weighted by Gasteiger charge is 2.21. The van der Waals surface area contributed by atoms with Crippen LogP contribution in [0.5, 0.6) is 0 Å². The summed E-state index contributed by atoms with van der Waals surface area (Å²) in [6.45, 7) is 0. The van der Waals surface area contributed by atoms with E-state index in [9.17, 15) is 0 Å². The molecule has 2 heterocycles. The molecule has 0 spiro atoms. The SMILES string of the molecule is c1ccc(-c2ccc(-n3c4ccccc4c4ccc5c6ccccc6n(-c6ccc7cc8ccccc8cc7c6)c5c43)cc2)cc1. The number of benzene rings is 8. The van der Waals surface area contributed by atoms with Gasteiger partial charge in [-0.2, -0.15) is 0 Å². The molecule has 10 rings (SSSR count). The second kappa shape index (κ2) is 9.69. The molecule has 0 aliphatic heterocycles. The van der Waals surface area contributed by atoms with Crippen molar-refractivity contribution in [1.29, 1.82) is 0 Å². The summed E-state index contributed by atoms with van der Waals surface area (Å²) in [5, 5.41) is 10.0. The van der Waals surface area contributed by atoms with Gasteiger partial charge in [-0.15, -0.1) is 0 Å². The molecule has 0 amide bonds. The fourth-order valence-electron chi connectivity index (χ4n) is 7.54. The minimum absolute atomic E-state index is 1.15. The van der Waals surface area contributed by atoms with Crippen LogP contribution in [0.1, 0.15) is 0 Å². The summed E-state index contributed by atoms with van der Waals surface area (Å²) in [5.41, 5.74) is 9.62. The zero-order chi connectivity index (χ0) is 30.2. The van der Waals surface area contributed by atoms with Gasteiger partial charge >= 0.3 is 0 Å². The van der Waals surface area contributed by atoms with Crippen LogP contribution >= 0.6 is 0 Å². The molecule has 0 unspecified atom stereocenters. The molecule has 0 saturated carbocycles. The van der Waals surface area contributed by atoms with Gasteiger partial charge in [0.2, 0.25) is 0 Å². The van der Waals surface area contributed by atoms with Gasteiger partial charge in [0.05, 0.1) is 22.1 Å². The van der Waals surface area contributed by atoms with E-state index in [2.05, 4.69) is 179 Å². The lowest BCUT2D eigenvalue weighted by molar-refractivity contribution is 1.15. The molecular formula is C44H28N2. The number of nitrogens with zero attached hydrogens (tertiary/aromatic N) is 2. The minimum Gasteiger partial charge on any atom is -0.307 e. The zero-order valence-corrected chi connectivity index (χ0v) is 25.1. The average molecular weight is 585 g/mol. The van der Waals surface area contributed by atoms with Crippen LogP contribution in [0.4, 0.5) is 0 Å². The van der Waals surface area contributed by atoms with Crippen LogP contribution in [-0.4, -0.2) is 9.13 Å². The third-order valence-electron chi connectivity index (χ3n) is 9.65. The average Bonchev–Trinajstić information content (AvgIpc) is 3.64. The first-order chi connectivity index (χ1) is 22.8. The highest BCUT2D eigenvalue weighted by Crippen LogP contribution is 2.42. The maximum atomic E-state index is 2.48. The highest BCUT2D eigenvalue weighted by atomic mass is 15.0. The molecule has 0 atom stereocenters. The predicted molar refractivity (Wildman–Crippen MR) is 196 cm³/mol. The standard InChI is InChI=1S/C44H28N2/c1-2-10-29(11-3-1)30-18-21-35(22-19-30)45-41-16-8-6-14-37(41)39-24-25-40-38-15-7-9-17-42(38)46(44(40)43(39)45)36-23-20-33-26-31-12-4-5-13-32(31)27-34(33)28-36/h1-28H. The molecule has 0 bridgehead atoms. The predicted octanol–water partition coefficient (Wildman–Crippen LogP) is 11.9. The number of rotatable bonds is 3.